The molecule has 0 bridgehead atoms. The van der Waals surface area contributed by atoms with E-state index in [1.54, 1.807) is 6.92 Å². The van der Waals surface area contributed by atoms with Gasteiger partial charge in [-0.15, -0.1) is 0 Å². The molecule has 1 heterocycles. The maximum Gasteiger partial charge on any atom is 0.258 e. The number of thioether (sulfide) groups is 1. The Bertz CT molecular complexity index is 421. The van der Waals surface area contributed by atoms with Crippen molar-refractivity contribution in [1.82, 2.24) is 9.97 Å². The van der Waals surface area contributed by atoms with Gasteiger partial charge in [0.15, 0.2) is 5.16 Å². The lowest BCUT2D eigenvalue weighted by Gasteiger charge is -2.14. The number of quaternary nitrogens is 1. The molecule has 1 aromatic rings. The third-order valence-electron chi connectivity index (χ3n) is 2.80. The quantitative estimate of drug-likeness (QED) is 0.382. The first kappa shape index (κ1) is 17.3. The fourth-order valence-corrected chi connectivity index (χ4v) is 2.36. The third kappa shape index (κ3) is 4.88. The number of rotatable bonds is 6. The molecule has 1 rings (SSSR count). The van der Waals surface area contributed by atoms with Gasteiger partial charge in [-0.1, -0.05) is 11.8 Å². The molecule has 3 N–H and O–H groups in total. The van der Waals surface area contributed by atoms with Gasteiger partial charge in [-0.05, 0) is 20.8 Å². The summed E-state index contributed by atoms with van der Waals surface area (Å²) in [6.07, 6.45) is 0. The van der Waals surface area contributed by atoms with Crippen LogP contribution in [0.3, 0.4) is 0 Å². The fourth-order valence-electron chi connectivity index (χ4n) is 1.46. The first-order valence-corrected chi connectivity index (χ1v) is 6.83. The first-order chi connectivity index (χ1) is 8.08. The summed E-state index contributed by atoms with van der Waals surface area (Å²) in [5.74, 6) is 0.703. The van der Waals surface area contributed by atoms with Crippen LogP contribution >= 0.6 is 11.8 Å². The van der Waals surface area contributed by atoms with Crippen molar-refractivity contribution in [3.63, 3.8) is 0 Å². The molecule has 0 aliphatic carbocycles. The van der Waals surface area contributed by atoms with Crippen molar-refractivity contribution < 1.29 is 22.4 Å². The topological polar surface area (TPSA) is 70.4 Å². The largest absolute Gasteiger partial charge is 1.00 e. The van der Waals surface area contributed by atoms with Crippen LogP contribution in [0.2, 0.25) is 0 Å². The van der Waals surface area contributed by atoms with E-state index in [4.69, 9.17) is 0 Å². The van der Waals surface area contributed by atoms with Gasteiger partial charge in [0.2, 0.25) is 5.88 Å². The molecule has 0 radical (unpaired) electrons. The molecule has 0 spiro atoms. The summed E-state index contributed by atoms with van der Waals surface area (Å²) in [7, 11) is 0. The lowest BCUT2D eigenvalue weighted by atomic mass is 10.4. The van der Waals surface area contributed by atoms with Crippen LogP contribution in [-0.4, -0.2) is 40.5 Å². The minimum absolute atomic E-state index is 0. The Morgan fingerprint density at radius 1 is 1.39 bits per heavy atom. The van der Waals surface area contributed by atoms with Crippen molar-refractivity contribution in [3.05, 3.63) is 15.9 Å². The van der Waals surface area contributed by atoms with E-state index in [0.29, 0.717) is 5.16 Å². The molecule has 5 nitrogen and oxygen atoms in total. The number of nitrogens with one attached hydrogen (secondary N) is 2. The Hall–Kier alpha value is -0.720. The second-order valence-corrected chi connectivity index (χ2v) is 4.96. The predicted octanol–water partition coefficient (Wildman–Crippen LogP) is -3.20. The Morgan fingerprint density at radius 3 is 2.50 bits per heavy atom. The van der Waals surface area contributed by atoms with Gasteiger partial charge in [-0.25, -0.2) is 0 Å². The number of H-pyrrole nitrogens is 1. The predicted molar refractivity (Wildman–Crippen MR) is 68.9 cm³/mol. The molecular formula is C11H20ClN3O2S. The second kappa shape index (κ2) is 8.39. The number of aromatic amines is 1. The van der Waals surface area contributed by atoms with E-state index in [1.165, 1.54) is 16.7 Å². The molecule has 0 aliphatic rings. The zero-order valence-corrected chi connectivity index (χ0v) is 12.5. The van der Waals surface area contributed by atoms with Gasteiger partial charge in [0.25, 0.3) is 5.56 Å². The average molecular weight is 294 g/mol. The van der Waals surface area contributed by atoms with Crippen LogP contribution in [0.5, 0.6) is 5.88 Å². The lowest BCUT2D eigenvalue weighted by molar-refractivity contribution is -0.893. The van der Waals surface area contributed by atoms with Crippen LogP contribution in [0.1, 0.15) is 19.4 Å². The summed E-state index contributed by atoms with van der Waals surface area (Å²) in [6.45, 7) is 9.08. The van der Waals surface area contributed by atoms with E-state index in [0.717, 1.165) is 25.4 Å². The molecule has 0 fully saturated rings. The Balaban J connectivity index is 0.00000289. The van der Waals surface area contributed by atoms with Gasteiger partial charge in [0, 0.05) is 0 Å². The van der Waals surface area contributed by atoms with E-state index in [1.807, 2.05) is 0 Å². The van der Waals surface area contributed by atoms with Gasteiger partial charge in [-0.2, -0.15) is 4.98 Å². The minimum Gasteiger partial charge on any atom is -1.00 e. The number of halogens is 1. The first-order valence-electron chi connectivity index (χ1n) is 5.84. The Labute approximate surface area is 117 Å². The van der Waals surface area contributed by atoms with Crippen molar-refractivity contribution in [2.75, 3.05) is 25.4 Å². The van der Waals surface area contributed by atoms with Gasteiger partial charge >= 0.3 is 0 Å². The van der Waals surface area contributed by atoms with Crippen LogP contribution in [0, 0.1) is 6.92 Å². The normalized spacial score (nSPS) is 10.4. The average Bonchev–Trinajstić information content (AvgIpc) is 2.31. The van der Waals surface area contributed by atoms with Gasteiger partial charge < -0.3 is 27.4 Å². The monoisotopic (exact) mass is 293 g/mol. The highest BCUT2D eigenvalue weighted by Gasteiger charge is 2.08. The molecule has 0 saturated heterocycles. The molecule has 0 aliphatic heterocycles. The molecular weight excluding hydrogens is 274 g/mol. The van der Waals surface area contributed by atoms with Crippen LogP contribution in [-0.2, 0) is 0 Å². The molecule has 0 aromatic carbocycles. The molecule has 0 amide bonds. The summed E-state index contributed by atoms with van der Waals surface area (Å²) >= 11 is 1.47. The summed E-state index contributed by atoms with van der Waals surface area (Å²) in [6, 6.07) is 0. The zero-order chi connectivity index (χ0) is 12.8. The van der Waals surface area contributed by atoms with Crippen molar-refractivity contribution in [2.24, 2.45) is 0 Å². The molecule has 104 valence electrons. The van der Waals surface area contributed by atoms with Crippen LogP contribution < -0.4 is 22.9 Å². The van der Waals surface area contributed by atoms with Gasteiger partial charge in [-0.3, -0.25) is 4.79 Å². The second-order valence-electron chi connectivity index (χ2n) is 3.88. The van der Waals surface area contributed by atoms with Crippen molar-refractivity contribution >= 4 is 11.8 Å². The van der Waals surface area contributed by atoms with Crippen molar-refractivity contribution in [3.8, 4) is 5.88 Å². The van der Waals surface area contributed by atoms with Crippen molar-refractivity contribution in [2.45, 2.75) is 25.9 Å². The molecule has 18 heavy (non-hydrogen) atoms. The highest BCUT2D eigenvalue weighted by atomic mass is 35.5. The number of hydrogen-bond acceptors (Lipinski definition) is 4. The zero-order valence-electron chi connectivity index (χ0n) is 10.9. The molecule has 0 atom stereocenters. The fraction of sp³-hybridized carbons (Fsp3) is 0.636. The van der Waals surface area contributed by atoms with Gasteiger partial charge in [0.05, 0.1) is 31.0 Å². The number of aromatic hydroxyl groups is 1. The molecule has 1 aromatic heterocycles. The van der Waals surface area contributed by atoms with E-state index >= 15 is 0 Å². The summed E-state index contributed by atoms with van der Waals surface area (Å²) in [4.78, 5) is 19.5. The van der Waals surface area contributed by atoms with Gasteiger partial charge in [0.1, 0.15) is 0 Å². The number of hydrogen-bond donors (Lipinski definition) is 3. The Kier molecular flexibility index (Phi) is 8.06. The molecule has 7 heteroatoms. The number of nitrogens with zero attached hydrogens (tertiary/aromatic N) is 1. The summed E-state index contributed by atoms with van der Waals surface area (Å²) in [5.41, 5.74) is -0.00101. The molecule has 0 saturated carbocycles. The lowest BCUT2D eigenvalue weighted by Crippen LogP contribution is -3.11. The van der Waals surface area contributed by atoms with Crippen LogP contribution in [0.4, 0.5) is 0 Å². The van der Waals surface area contributed by atoms with E-state index in [-0.39, 0.29) is 29.4 Å². The highest BCUT2D eigenvalue weighted by Crippen LogP contribution is 2.14. The van der Waals surface area contributed by atoms with Crippen molar-refractivity contribution in [1.29, 1.82) is 0 Å². The van der Waals surface area contributed by atoms with Crippen LogP contribution in [0.15, 0.2) is 9.95 Å². The number of aromatic nitrogens is 2. The molecule has 0 unspecified atom stereocenters. The third-order valence-corrected chi connectivity index (χ3v) is 3.67. The summed E-state index contributed by atoms with van der Waals surface area (Å²) < 4.78 is 0. The van der Waals surface area contributed by atoms with E-state index in [2.05, 4.69) is 23.8 Å². The van der Waals surface area contributed by atoms with E-state index in [9.17, 15) is 9.90 Å². The smallest absolute Gasteiger partial charge is 0.258 e. The SMILES string of the molecule is CC[NH+](CC)CCSc1nc(O)c(C)c(=O)[nH]1.[Cl-]. The highest BCUT2D eigenvalue weighted by molar-refractivity contribution is 7.99. The maximum atomic E-state index is 11.4. The van der Waals surface area contributed by atoms with E-state index < -0.39 is 0 Å². The Morgan fingerprint density at radius 2 is 2.00 bits per heavy atom. The summed E-state index contributed by atoms with van der Waals surface area (Å²) in [5, 5.41) is 9.92. The standard InChI is InChI=1S/C11H19N3O2S.ClH/c1-4-14(5-2)6-7-17-11-12-9(15)8(3)10(16)13-11;/h4-7H2,1-3H3,(H2,12,13,15,16);1H. The minimum atomic E-state index is -0.268. The van der Waals surface area contributed by atoms with Crippen LogP contribution in [0.25, 0.3) is 0 Å². The maximum absolute atomic E-state index is 11.4.